The van der Waals surface area contributed by atoms with Gasteiger partial charge in [0.25, 0.3) is 0 Å². The molecule has 0 spiro atoms. The number of aliphatic hydroxyl groups is 1. The summed E-state index contributed by atoms with van der Waals surface area (Å²) in [7, 11) is 1.52. The van der Waals surface area contributed by atoms with Crippen molar-refractivity contribution in [3.63, 3.8) is 0 Å². The van der Waals surface area contributed by atoms with Crippen LogP contribution in [0, 0.1) is 0 Å². The van der Waals surface area contributed by atoms with Gasteiger partial charge < -0.3 is 19.8 Å². The van der Waals surface area contributed by atoms with E-state index in [1.54, 1.807) is 6.08 Å². The van der Waals surface area contributed by atoms with E-state index in [0.717, 1.165) is 103 Å². The lowest BCUT2D eigenvalue weighted by Crippen LogP contribution is -2.45. The average Bonchev–Trinajstić information content (AvgIpc) is 3.29. The minimum absolute atomic E-state index is 0.0457. The zero-order chi connectivity index (χ0) is 49.2. The summed E-state index contributed by atoms with van der Waals surface area (Å²) in [6, 6.07) is -0.881. The average molecular weight is 952 g/mol. The number of carbonyl (C=O) groups is 1. The number of allylic oxidation sites excluding steroid dienone is 19. The van der Waals surface area contributed by atoms with Gasteiger partial charge in [0, 0.05) is 6.42 Å². The summed E-state index contributed by atoms with van der Waals surface area (Å²) in [5.41, 5.74) is 0. The number of nitrogens with zero attached hydrogens (tertiary/aromatic N) is 1. The first-order chi connectivity index (χ1) is 32.5. The van der Waals surface area contributed by atoms with Crippen LogP contribution >= 0.6 is 7.82 Å². The number of amides is 1. The molecule has 0 radical (unpaired) electrons. The number of aliphatic hydroxyl groups excluding tert-OH is 1. The lowest BCUT2D eigenvalue weighted by atomic mass is 10.1. The van der Waals surface area contributed by atoms with Crippen LogP contribution in [0.1, 0.15) is 187 Å². The molecule has 3 N–H and O–H groups in total. The molecular weight excluding hydrogens is 852 g/mol. The van der Waals surface area contributed by atoms with E-state index in [0.29, 0.717) is 17.4 Å². The highest BCUT2D eigenvalue weighted by molar-refractivity contribution is 7.47. The summed E-state index contributed by atoms with van der Waals surface area (Å²) in [4.78, 5) is 23.2. The second-order valence-electron chi connectivity index (χ2n) is 18.5. The first-order valence-electron chi connectivity index (χ1n) is 26.4. The van der Waals surface area contributed by atoms with Gasteiger partial charge >= 0.3 is 7.82 Å². The van der Waals surface area contributed by atoms with Crippen molar-refractivity contribution >= 4 is 13.7 Å². The molecule has 3 atom stereocenters. The Morgan fingerprint density at radius 2 is 0.910 bits per heavy atom. The van der Waals surface area contributed by atoms with Crippen LogP contribution in [0.4, 0.5) is 0 Å². The fourth-order valence-electron chi connectivity index (χ4n) is 6.76. The van der Waals surface area contributed by atoms with Crippen molar-refractivity contribution in [1.29, 1.82) is 0 Å². The van der Waals surface area contributed by atoms with Crippen LogP contribution in [-0.2, 0) is 18.4 Å². The van der Waals surface area contributed by atoms with Crippen molar-refractivity contribution in [2.75, 3.05) is 40.9 Å². The summed E-state index contributed by atoms with van der Waals surface area (Å²) in [6.07, 6.45) is 71.4. The van der Waals surface area contributed by atoms with Crippen LogP contribution in [0.25, 0.3) is 0 Å². The number of hydrogen-bond acceptors (Lipinski definition) is 5. The van der Waals surface area contributed by atoms with E-state index in [1.165, 1.54) is 64.2 Å². The maximum absolute atomic E-state index is 12.9. The van der Waals surface area contributed by atoms with Gasteiger partial charge in [-0.15, -0.1) is 0 Å². The van der Waals surface area contributed by atoms with Crippen molar-refractivity contribution in [3.05, 3.63) is 122 Å². The summed E-state index contributed by atoms with van der Waals surface area (Å²) < 4.78 is 23.6. The highest BCUT2D eigenvalue weighted by atomic mass is 31.2. The van der Waals surface area contributed by atoms with Gasteiger partial charge in [-0.25, -0.2) is 4.57 Å². The first-order valence-corrected chi connectivity index (χ1v) is 27.9. The molecule has 67 heavy (non-hydrogen) atoms. The molecule has 0 rings (SSSR count). The molecule has 0 heterocycles. The highest BCUT2D eigenvalue weighted by Gasteiger charge is 2.27. The number of hydrogen-bond donors (Lipinski definition) is 3. The van der Waals surface area contributed by atoms with Gasteiger partial charge in [0.1, 0.15) is 13.2 Å². The number of quaternary nitrogens is 1. The number of phosphoric acid groups is 1. The Hall–Kier alpha value is -3.10. The Morgan fingerprint density at radius 3 is 1.37 bits per heavy atom. The molecule has 0 fully saturated rings. The molecule has 0 aromatic carbocycles. The molecule has 0 saturated heterocycles. The number of nitrogens with one attached hydrogen (secondary N) is 1. The molecule has 0 aliphatic rings. The topological polar surface area (TPSA) is 105 Å². The van der Waals surface area contributed by atoms with E-state index in [2.05, 4.69) is 129 Å². The Morgan fingerprint density at radius 1 is 0.522 bits per heavy atom. The maximum Gasteiger partial charge on any atom is 0.472 e. The molecule has 0 bridgehead atoms. The molecule has 9 heteroatoms. The van der Waals surface area contributed by atoms with Gasteiger partial charge in [-0.05, 0) is 103 Å². The number of carbonyl (C=O) groups excluding carboxylic acids is 1. The molecule has 8 nitrogen and oxygen atoms in total. The van der Waals surface area contributed by atoms with E-state index >= 15 is 0 Å². The molecule has 0 aliphatic carbocycles. The monoisotopic (exact) mass is 952 g/mol. The van der Waals surface area contributed by atoms with Gasteiger partial charge in [-0.2, -0.15) is 0 Å². The normalized spacial score (nSPS) is 15.0. The number of rotatable bonds is 46. The lowest BCUT2D eigenvalue weighted by molar-refractivity contribution is -0.870. The second-order valence-corrected chi connectivity index (χ2v) is 19.9. The molecule has 1 amide bonds. The molecular formula is C58H100N2O6P+. The minimum Gasteiger partial charge on any atom is -0.387 e. The second kappa shape index (κ2) is 47.9. The fourth-order valence-corrected chi connectivity index (χ4v) is 7.49. The number of likely N-dealkylation sites (N-methyl/N-ethyl adjacent to an activating group) is 1. The van der Waals surface area contributed by atoms with Crippen LogP contribution in [0.3, 0.4) is 0 Å². The molecule has 0 saturated carbocycles. The minimum atomic E-state index is -4.36. The van der Waals surface area contributed by atoms with Crippen molar-refractivity contribution in [3.8, 4) is 0 Å². The number of phosphoric ester groups is 1. The van der Waals surface area contributed by atoms with Gasteiger partial charge in [-0.1, -0.05) is 200 Å². The van der Waals surface area contributed by atoms with E-state index < -0.39 is 20.0 Å². The quantitative estimate of drug-likeness (QED) is 0.0243. The predicted molar refractivity (Wildman–Crippen MR) is 290 cm³/mol. The highest BCUT2D eigenvalue weighted by Crippen LogP contribution is 2.43. The number of unbranched alkanes of at least 4 members (excludes halogenated alkanes) is 15. The molecule has 382 valence electrons. The van der Waals surface area contributed by atoms with Crippen LogP contribution in [-0.4, -0.2) is 73.4 Å². The van der Waals surface area contributed by atoms with E-state index in [4.69, 9.17) is 9.05 Å². The van der Waals surface area contributed by atoms with E-state index in [9.17, 15) is 19.4 Å². The molecule has 0 aliphatic heterocycles. The van der Waals surface area contributed by atoms with E-state index in [-0.39, 0.29) is 19.1 Å². The Balaban J connectivity index is 4.27. The van der Waals surface area contributed by atoms with Crippen molar-refractivity contribution in [1.82, 2.24) is 5.32 Å². The van der Waals surface area contributed by atoms with Crippen molar-refractivity contribution in [2.24, 2.45) is 0 Å². The Bertz CT molecular complexity index is 1500. The van der Waals surface area contributed by atoms with Crippen LogP contribution < -0.4 is 5.32 Å². The largest absolute Gasteiger partial charge is 0.472 e. The molecule has 0 aromatic rings. The zero-order valence-corrected chi connectivity index (χ0v) is 44.2. The summed E-state index contributed by atoms with van der Waals surface area (Å²) in [6.45, 7) is 4.62. The third-order valence-electron chi connectivity index (χ3n) is 10.9. The summed E-state index contributed by atoms with van der Waals surface area (Å²) in [5, 5.41) is 13.8. The molecule has 0 aromatic heterocycles. The van der Waals surface area contributed by atoms with Crippen LogP contribution in [0.5, 0.6) is 0 Å². The van der Waals surface area contributed by atoms with Gasteiger partial charge in [0.15, 0.2) is 0 Å². The maximum atomic E-state index is 12.9. The summed E-state index contributed by atoms with van der Waals surface area (Å²) in [5.74, 6) is -0.205. The van der Waals surface area contributed by atoms with Crippen LogP contribution in [0.2, 0.25) is 0 Å². The Labute approximate surface area is 412 Å². The lowest BCUT2D eigenvalue weighted by Gasteiger charge is -2.25. The van der Waals surface area contributed by atoms with Gasteiger partial charge in [0.2, 0.25) is 5.91 Å². The van der Waals surface area contributed by atoms with E-state index in [1.807, 2.05) is 27.2 Å². The standard InChI is InChI=1S/C58H99N2O6P/c1-6-8-10-12-14-16-18-20-22-23-24-25-26-27-28-29-30-31-32-33-34-35-36-37-38-40-42-44-46-48-50-52-58(62)59-56(55-66-67(63,64)65-54-53-60(3,4)5)57(61)51-49-47-45-43-41-39-21-19-17-15-13-11-9-7-2/h8,10,14,16-17,19-20,22,24-25,27-28,30-31,33-34,41,43,49,51,56-57,61H,6-7,9,11-13,15,18,21,23,26,29,32,35-40,42,44-48,50,52-55H2,1-5H3,(H-,59,62,63,64)/p+1/b10-8-,16-14-,19-17+,22-20-,25-24-,28-27-,31-30-,34-33-,43-41+,51-49+. The third kappa shape index (κ3) is 50.6. The Kier molecular flexibility index (Phi) is 45.7. The first kappa shape index (κ1) is 63.9. The third-order valence-corrected chi connectivity index (χ3v) is 11.9. The molecule has 3 unspecified atom stereocenters. The SMILES string of the molecule is CC/C=C\C/C=C\C/C=C\C/C=C\C/C=C\C/C=C\C/C=C\CCCCCCCCCCCC(=O)NC(COP(=O)(O)OCC[N+](C)(C)C)C(O)/C=C/CC/C=C/CC/C=C/CCCCCC. The van der Waals surface area contributed by atoms with Gasteiger partial charge in [0.05, 0.1) is 39.9 Å². The smallest absolute Gasteiger partial charge is 0.387 e. The zero-order valence-electron chi connectivity index (χ0n) is 43.3. The van der Waals surface area contributed by atoms with Crippen molar-refractivity contribution < 1.29 is 32.9 Å². The summed E-state index contributed by atoms with van der Waals surface area (Å²) >= 11 is 0. The van der Waals surface area contributed by atoms with Gasteiger partial charge in [-0.3, -0.25) is 13.8 Å². The fraction of sp³-hybridized carbons (Fsp3) is 0.638. The predicted octanol–water partition coefficient (Wildman–Crippen LogP) is 15.8. The van der Waals surface area contributed by atoms with Crippen molar-refractivity contribution in [2.45, 2.75) is 199 Å². The van der Waals surface area contributed by atoms with Crippen LogP contribution in [0.15, 0.2) is 122 Å².